The highest BCUT2D eigenvalue weighted by molar-refractivity contribution is 6.19. The predicted molar refractivity (Wildman–Crippen MR) is 153 cm³/mol. The number of hydrogen-bond acceptors (Lipinski definition) is 5. The molecule has 8 nitrogen and oxygen atoms in total. The average Bonchev–Trinajstić information content (AvgIpc) is 2.99. The molecule has 0 spiro atoms. The highest BCUT2D eigenvalue weighted by atomic mass is 16.2. The van der Waals surface area contributed by atoms with Crippen LogP contribution in [-0.2, 0) is 33.8 Å². The topological polar surface area (TPSA) is 94.6 Å². The number of fused-ring (bicyclic) bond motifs is 2. The number of amides is 3. The Hall–Kier alpha value is -4.04. The van der Waals surface area contributed by atoms with E-state index in [4.69, 9.17) is 0 Å². The molecule has 5 rings (SSSR count). The molecule has 0 bridgehead atoms. The van der Waals surface area contributed by atoms with Crippen molar-refractivity contribution in [2.75, 3.05) is 28.7 Å². The number of pyridine rings is 1. The van der Waals surface area contributed by atoms with Gasteiger partial charge in [0.25, 0.3) is 0 Å². The lowest BCUT2D eigenvalue weighted by molar-refractivity contribution is -0.137. The lowest BCUT2D eigenvalue weighted by Gasteiger charge is -2.27. The van der Waals surface area contributed by atoms with Gasteiger partial charge in [-0.05, 0) is 80.1 Å². The first-order chi connectivity index (χ1) is 18.7. The molecule has 39 heavy (non-hydrogen) atoms. The fraction of sp³-hybridized carbons (Fsp3) is 0.355. The number of anilines is 3. The van der Waals surface area contributed by atoms with Gasteiger partial charge < -0.3 is 20.4 Å². The quantitative estimate of drug-likeness (QED) is 0.446. The Morgan fingerprint density at radius 1 is 1.00 bits per heavy atom. The molecule has 0 aliphatic carbocycles. The van der Waals surface area contributed by atoms with Gasteiger partial charge in [-0.25, -0.2) is 0 Å². The minimum atomic E-state index is -1.14. The zero-order valence-corrected chi connectivity index (χ0v) is 23.0. The van der Waals surface area contributed by atoms with Crippen molar-refractivity contribution in [1.82, 2.24) is 10.3 Å². The van der Waals surface area contributed by atoms with E-state index in [-0.39, 0.29) is 23.8 Å². The van der Waals surface area contributed by atoms with Gasteiger partial charge in [-0.15, -0.1) is 0 Å². The normalized spacial score (nSPS) is 17.3. The molecule has 3 amide bonds. The zero-order valence-electron chi connectivity index (χ0n) is 23.0. The van der Waals surface area contributed by atoms with Crippen molar-refractivity contribution in [3.63, 3.8) is 0 Å². The maximum Gasteiger partial charge on any atom is 0.242 e. The third kappa shape index (κ3) is 5.16. The Morgan fingerprint density at radius 3 is 2.56 bits per heavy atom. The first kappa shape index (κ1) is 26.6. The van der Waals surface area contributed by atoms with E-state index in [2.05, 4.69) is 39.9 Å². The minimum Gasteiger partial charge on any atom is -0.326 e. The summed E-state index contributed by atoms with van der Waals surface area (Å²) in [4.78, 5) is 46.0. The number of nitrogens with zero attached hydrogens (tertiary/aromatic N) is 3. The third-order valence-electron chi connectivity index (χ3n) is 7.77. The smallest absolute Gasteiger partial charge is 0.242 e. The lowest BCUT2D eigenvalue weighted by atomic mass is 9.90. The SMILES string of the molecule is CCN1C(=O)C(C)(C)C(=O)N(C)c2cc(CNC(Cc3cccnc3)c3ccc4c(c3)NC(=O)CC4)ccc21. The van der Waals surface area contributed by atoms with Crippen LogP contribution in [0, 0.1) is 5.41 Å². The molecule has 202 valence electrons. The Bertz CT molecular complexity index is 1420. The Kier molecular flexibility index (Phi) is 7.23. The van der Waals surface area contributed by atoms with Crippen LogP contribution in [-0.4, -0.2) is 36.3 Å². The zero-order chi connectivity index (χ0) is 27.7. The molecule has 3 aromatic rings. The Morgan fingerprint density at radius 2 is 1.82 bits per heavy atom. The van der Waals surface area contributed by atoms with Crippen LogP contribution in [0.2, 0.25) is 0 Å². The van der Waals surface area contributed by atoms with E-state index in [0.717, 1.165) is 52.2 Å². The maximum atomic E-state index is 13.2. The number of aryl methyl sites for hydroxylation is 1. The van der Waals surface area contributed by atoms with Crippen LogP contribution in [0.25, 0.3) is 0 Å². The molecule has 2 N–H and O–H groups in total. The van der Waals surface area contributed by atoms with E-state index in [1.165, 1.54) is 0 Å². The molecule has 0 fully saturated rings. The number of aromatic nitrogens is 1. The molecule has 1 atom stereocenters. The summed E-state index contributed by atoms with van der Waals surface area (Å²) >= 11 is 0. The van der Waals surface area contributed by atoms with Crippen LogP contribution >= 0.6 is 0 Å². The minimum absolute atomic E-state index is 0.0378. The summed E-state index contributed by atoms with van der Waals surface area (Å²) in [5, 5.41) is 6.71. The standard InChI is InChI=1S/C31H35N5O3/c1-5-36-26-12-8-21(16-27(26)35(4)29(38)31(2,3)30(36)39)19-33-24(15-20-7-6-14-32-18-20)23-10-9-22-11-13-28(37)34-25(22)17-23/h6-10,12,14,16-18,24,33H,5,11,13,15,19H2,1-4H3,(H,34,37). The van der Waals surface area contributed by atoms with Crippen molar-refractivity contribution < 1.29 is 14.4 Å². The van der Waals surface area contributed by atoms with Crippen molar-refractivity contribution in [3.05, 3.63) is 83.2 Å². The lowest BCUT2D eigenvalue weighted by Crippen LogP contribution is -2.47. The summed E-state index contributed by atoms with van der Waals surface area (Å²) in [6.45, 7) is 6.33. The predicted octanol–water partition coefficient (Wildman–Crippen LogP) is 4.40. The van der Waals surface area contributed by atoms with Gasteiger partial charge in [-0.1, -0.05) is 24.3 Å². The molecule has 1 unspecified atom stereocenters. The molecule has 2 aliphatic heterocycles. The van der Waals surface area contributed by atoms with Gasteiger partial charge >= 0.3 is 0 Å². The van der Waals surface area contributed by atoms with Crippen LogP contribution < -0.4 is 20.4 Å². The van der Waals surface area contributed by atoms with E-state index in [1.807, 2.05) is 37.4 Å². The van der Waals surface area contributed by atoms with Crippen LogP contribution in [0.1, 0.15) is 55.5 Å². The fourth-order valence-corrected chi connectivity index (χ4v) is 5.47. The molecule has 2 aromatic carbocycles. The summed E-state index contributed by atoms with van der Waals surface area (Å²) in [5.41, 5.74) is 5.52. The summed E-state index contributed by atoms with van der Waals surface area (Å²) < 4.78 is 0. The van der Waals surface area contributed by atoms with Gasteiger partial charge in [0.15, 0.2) is 0 Å². The third-order valence-corrected chi connectivity index (χ3v) is 7.77. The van der Waals surface area contributed by atoms with Crippen LogP contribution in [0.3, 0.4) is 0 Å². The van der Waals surface area contributed by atoms with E-state index in [9.17, 15) is 14.4 Å². The second kappa shape index (κ2) is 10.6. The molecular formula is C31H35N5O3. The molecule has 0 saturated carbocycles. The van der Waals surface area contributed by atoms with Gasteiger partial charge in [-0.2, -0.15) is 0 Å². The van der Waals surface area contributed by atoms with Crippen molar-refractivity contribution in [1.29, 1.82) is 0 Å². The van der Waals surface area contributed by atoms with Gasteiger partial charge in [0.1, 0.15) is 5.41 Å². The number of hydrogen-bond donors (Lipinski definition) is 2. The number of carbonyl (C=O) groups is 3. The monoisotopic (exact) mass is 525 g/mol. The van der Waals surface area contributed by atoms with Gasteiger partial charge in [0.05, 0.1) is 11.4 Å². The van der Waals surface area contributed by atoms with Gasteiger partial charge in [0.2, 0.25) is 17.7 Å². The van der Waals surface area contributed by atoms with E-state index in [0.29, 0.717) is 19.5 Å². The highest BCUT2D eigenvalue weighted by Gasteiger charge is 2.45. The average molecular weight is 526 g/mol. The summed E-state index contributed by atoms with van der Waals surface area (Å²) in [6, 6.07) is 16.2. The molecular weight excluding hydrogens is 490 g/mol. The summed E-state index contributed by atoms with van der Waals surface area (Å²) in [6.07, 6.45) is 5.61. The van der Waals surface area contributed by atoms with Crippen LogP contribution in [0.4, 0.5) is 17.1 Å². The Labute approximate surface area is 229 Å². The largest absolute Gasteiger partial charge is 0.326 e. The summed E-state index contributed by atoms with van der Waals surface area (Å²) in [7, 11) is 1.74. The van der Waals surface area contributed by atoms with E-state index in [1.54, 1.807) is 36.9 Å². The molecule has 0 saturated heterocycles. The first-order valence-corrected chi connectivity index (χ1v) is 13.5. The van der Waals surface area contributed by atoms with Crippen molar-refractivity contribution in [3.8, 4) is 0 Å². The number of benzene rings is 2. The first-order valence-electron chi connectivity index (χ1n) is 13.5. The summed E-state index contributed by atoms with van der Waals surface area (Å²) in [5.74, 6) is -0.370. The number of carbonyl (C=O) groups excluding carboxylic acids is 3. The molecule has 1 aromatic heterocycles. The molecule has 3 heterocycles. The van der Waals surface area contributed by atoms with Crippen molar-refractivity contribution in [2.45, 2.75) is 52.6 Å². The number of nitrogens with one attached hydrogen (secondary N) is 2. The van der Waals surface area contributed by atoms with E-state index < -0.39 is 5.41 Å². The number of rotatable bonds is 7. The second-order valence-electron chi connectivity index (χ2n) is 10.8. The Balaban J connectivity index is 1.44. The molecule has 8 heteroatoms. The molecule has 2 aliphatic rings. The van der Waals surface area contributed by atoms with Gasteiger partial charge in [-0.3, -0.25) is 19.4 Å². The van der Waals surface area contributed by atoms with Crippen LogP contribution in [0.5, 0.6) is 0 Å². The highest BCUT2D eigenvalue weighted by Crippen LogP contribution is 2.39. The second-order valence-corrected chi connectivity index (χ2v) is 10.8. The van der Waals surface area contributed by atoms with Gasteiger partial charge in [0, 0.05) is 50.7 Å². The van der Waals surface area contributed by atoms with Crippen LogP contribution in [0.15, 0.2) is 60.9 Å². The van der Waals surface area contributed by atoms with E-state index >= 15 is 0 Å². The maximum absolute atomic E-state index is 13.2. The fourth-order valence-electron chi connectivity index (χ4n) is 5.47. The molecule has 0 radical (unpaired) electrons. The van der Waals surface area contributed by atoms with Crippen molar-refractivity contribution in [2.24, 2.45) is 5.41 Å². The van der Waals surface area contributed by atoms with Crippen molar-refractivity contribution >= 4 is 34.8 Å².